The maximum atomic E-state index is 11.1. The van der Waals surface area contributed by atoms with Crippen LogP contribution in [0.2, 0.25) is 5.04 Å². The third-order valence-electron chi connectivity index (χ3n) is 5.21. The molecule has 0 aliphatic rings. The summed E-state index contributed by atoms with van der Waals surface area (Å²) in [5.41, 5.74) is 1.84. The first kappa shape index (κ1) is 20.2. The van der Waals surface area contributed by atoms with Crippen LogP contribution in [-0.2, 0) is 10.8 Å². The zero-order valence-corrected chi connectivity index (χ0v) is 17.9. The molecule has 3 aromatic carbocycles. The van der Waals surface area contributed by atoms with Gasteiger partial charge in [0.25, 0.3) is 8.32 Å². The Hall–Kier alpha value is -2.49. The molecule has 0 heterocycles. The quantitative estimate of drug-likeness (QED) is 0.436. The summed E-state index contributed by atoms with van der Waals surface area (Å²) >= 11 is 0. The molecule has 3 rings (SSSR count). The average molecular weight is 389 g/mol. The molecule has 0 saturated carbocycles. The van der Waals surface area contributed by atoms with Crippen LogP contribution >= 0.6 is 0 Å². The van der Waals surface area contributed by atoms with E-state index in [1.54, 1.807) is 0 Å². The number of hydrogen-bond acceptors (Lipinski definition) is 2. The highest BCUT2D eigenvalue weighted by molar-refractivity contribution is 6.99. The molecule has 0 aliphatic heterocycles. The molecule has 28 heavy (non-hydrogen) atoms. The molecule has 0 saturated heterocycles. The van der Waals surface area contributed by atoms with E-state index in [1.165, 1.54) is 10.4 Å². The summed E-state index contributed by atoms with van der Waals surface area (Å²) in [6, 6.07) is 29.1. The van der Waals surface area contributed by atoms with Gasteiger partial charge >= 0.3 is 0 Å². The van der Waals surface area contributed by atoms with Crippen molar-refractivity contribution in [1.29, 1.82) is 0 Å². The predicted molar refractivity (Wildman–Crippen MR) is 119 cm³/mol. The molecule has 3 heteroatoms. The summed E-state index contributed by atoms with van der Waals surface area (Å²) < 4.78 is 6.89. The molecule has 2 nitrogen and oxygen atoms in total. The van der Waals surface area contributed by atoms with E-state index in [2.05, 4.69) is 87.5 Å². The lowest BCUT2D eigenvalue weighted by molar-refractivity contribution is 0.112. The number of hydrogen-bond donors (Lipinski definition) is 0. The SMILES string of the molecule is CC(C)(C)[Si](OCCc1cccc(C=O)c1)(c1ccccc1)c1ccccc1. The predicted octanol–water partition coefficient (Wildman–Crippen LogP) is 4.62. The van der Waals surface area contributed by atoms with E-state index in [1.807, 2.05) is 18.2 Å². The van der Waals surface area contributed by atoms with Gasteiger partial charge in [-0.3, -0.25) is 4.79 Å². The highest BCUT2D eigenvalue weighted by Crippen LogP contribution is 2.36. The van der Waals surface area contributed by atoms with E-state index in [-0.39, 0.29) is 5.04 Å². The highest BCUT2D eigenvalue weighted by Gasteiger charge is 2.49. The van der Waals surface area contributed by atoms with Crippen molar-refractivity contribution >= 4 is 25.0 Å². The van der Waals surface area contributed by atoms with Gasteiger partial charge in [-0.25, -0.2) is 0 Å². The Kier molecular flexibility index (Phi) is 6.27. The molecular weight excluding hydrogens is 360 g/mol. The molecule has 0 atom stereocenters. The third-order valence-corrected chi connectivity index (χ3v) is 10.3. The van der Waals surface area contributed by atoms with Gasteiger partial charge in [-0.1, -0.05) is 99.6 Å². The van der Waals surface area contributed by atoms with E-state index in [9.17, 15) is 4.79 Å². The maximum absolute atomic E-state index is 11.1. The molecular formula is C25H28O2Si. The molecule has 0 bridgehead atoms. The lowest BCUT2D eigenvalue weighted by Crippen LogP contribution is -2.66. The summed E-state index contributed by atoms with van der Waals surface area (Å²) in [4.78, 5) is 11.1. The normalized spacial score (nSPS) is 12.0. The summed E-state index contributed by atoms with van der Waals surface area (Å²) in [5.74, 6) is 0. The molecule has 0 N–H and O–H groups in total. The smallest absolute Gasteiger partial charge is 0.261 e. The van der Waals surface area contributed by atoms with Crippen LogP contribution in [0.4, 0.5) is 0 Å². The summed E-state index contributed by atoms with van der Waals surface area (Å²) in [6.45, 7) is 7.47. The van der Waals surface area contributed by atoms with Crippen LogP contribution in [-0.4, -0.2) is 21.2 Å². The Bertz CT molecular complexity index is 859. The minimum Gasteiger partial charge on any atom is -0.407 e. The first-order chi connectivity index (χ1) is 13.5. The zero-order chi connectivity index (χ0) is 20.0. The van der Waals surface area contributed by atoms with Gasteiger partial charge in [0.05, 0.1) is 0 Å². The van der Waals surface area contributed by atoms with E-state index >= 15 is 0 Å². The molecule has 0 aromatic heterocycles. The van der Waals surface area contributed by atoms with Crippen LogP contribution < -0.4 is 10.4 Å². The summed E-state index contributed by atoms with van der Waals surface area (Å²) in [7, 11) is -2.49. The van der Waals surface area contributed by atoms with E-state index in [4.69, 9.17) is 4.43 Å². The van der Waals surface area contributed by atoms with E-state index in [0.29, 0.717) is 12.2 Å². The van der Waals surface area contributed by atoms with Crippen LogP contribution in [0, 0.1) is 0 Å². The number of rotatable bonds is 7. The van der Waals surface area contributed by atoms with Gasteiger partial charge in [-0.15, -0.1) is 0 Å². The van der Waals surface area contributed by atoms with Gasteiger partial charge in [0.2, 0.25) is 0 Å². The average Bonchev–Trinajstić information content (AvgIpc) is 2.72. The first-order valence-electron chi connectivity index (χ1n) is 9.76. The van der Waals surface area contributed by atoms with E-state index < -0.39 is 8.32 Å². The molecule has 0 aliphatic carbocycles. The Morgan fingerprint density at radius 3 is 1.89 bits per heavy atom. The maximum Gasteiger partial charge on any atom is 0.261 e. The first-order valence-corrected chi connectivity index (χ1v) is 11.7. The second kappa shape index (κ2) is 8.68. The van der Waals surface area contributed by atoms with Crippen LogP contribution in [0.1, 0.15) is 36.7 Å². The fourth-order valence-electron chi connectivity index (χ4n) is 3.91. The van der Waals surface area contributed by atoms with Gasteiger partial charge < -0.3 is 4.43 Å². The lowest BCUT2D eigenvalue weighted by Gasteiger charge is -2.43. The topological polar surface area (TPSA) is 26.3 Å². The van der Waals surface area contributed by atoms with Gasteiger partial charge in [-0.2, -0.15) is 0 Å². The fraction of sp³-hybridized carbons (Fsp3) is 0.240. The van der Waals surface area contributed by atoms with Crippen LogP contribution in [0.25, 0.3) is 0 Å². The number of carbonyl (C=O) groups is 1. The summed E-state index contributed by atoms with van der Waals surface area (Å²) in [5, 5.41) is 2.55. The van der Waals surface area contributed by atoms with Crippen molar-refractivity contribution in [3.8, 4) is 0 Å². The monoisotopic (exact) mass is 388 g/mol. The van der Waals surface area contributed by atoms with Gasteiger partial charge in [0, 0.05) is 12.2 Å². The van der Waals surface area contributed by atoms with Crippen LogP contribution in [0.15, 0.2) is 84.9 Å². The number of aldehydes is 1. The standard InChI is InChI=1S/C25H28O2Si/c1-25(2,3)28(23-13-6-4-7-14-23,24-15-8-5-9-16-24)27-18-17-21-11-10-12-22(19-21)20-26/h4-16,19-20H,17-18H2,1-3H3. The fourth-order valence-corrected chi connectivity index (χ4v) is 8.47. The van der Waals surface area contributed by atoms with Gasteiger partial charge in [0.1, 0.15) is 6.29 Å². The van der Waals surface area contributed by atoms with Crippen LogP contribution in [0.5, 0.6) is 0 Å². The summed E-state index contributed by atoms with van der Waals surface area (Å²) in [6.07, 6.45) is 1.68. The second-order valence-corrected chi connectivity index (χ2v) is 12.4. The molecule has 0 amide bonds. The van der Waals surface area contributed by atoms with Crippen molar-refractivity contribution in [3.05, 3.63) is 96.1 Å². The zero-order valence-electron chi connectivity index (χ0n) is 16.9. The molecule has 0 spiro atoms. The van der Waals surface area contributed by atoms with Crippen molar-refractivity contribution in [2.24, 2.45) is 0 Å². The highest BCUT2D eigenvalue weighted by atomic mass is 28.4. The minimum atomic E-state index is -2.49. The Morgan fingerprint density at radius 2 is 1.39 bits per heavy atom. The number of carbonyl (C=O) groups excluding carboxylic acids is 1. The third kappa shape index (κ3) is 4.16. The second-order valence-electron chi connectivity index (χ2n) is 8.12. The van der Waals surface area contributed by atoms with Crippen molar-refractivity contribution in [3.63, 3.8) is 0 Å². The van der Waals surface area contributed by atoms with Crippen molar-refractivity contribution in [1.82, 2.24) is 0 Å². The Balaban J connectivity index is 1.97. The Labute approximate surface area is 169 Å². The van der Waals surface area contributed by atoms with Gasteiger partial charge in [0.15, 0.2) is 0 Å². The molecule has 3 aromatic rings. The molecule has 144 valence electrons. The van der Waals surface area contributed by atoms with Crippen molar-refractivity contribution < 1.29 is 9.22 Å². The molecule has 0 unspecified atom stereocenters. The van der Waals surface area contributed by atoms with Gasteiger partial charge in [-0.05, 0) is 33.5 Å². The molecule has 0 fully saturated rings. The van der Waals surface area contributed by atoms with Crippen LogP contribution in [0.3, 0.4) is 0 Å². The lowest BCUT2D eigenvalue weighted by atomic mass is 10.1. The Morgan fingerprint density at radius 1 is 0.821 bits per heavy atom. The van der Waals surface area contributed by atoms with Crippen molar-refractivity contribution in [2.75, 3.05) is 6.61 Å². The minimum absolute atomic E-state index is 0.0274. The number of benzene rings is 3. The molecule has 0 radical (unpaired) electrons. The van der Waals surface area contributed by atoms with E-state index in [0.717, 1.165) is 18.3 Å². The largest absolute Gasteiger partial charge is 0.407 e. The van der Waals surface area contributed by atoms with Crippen molar-refractivity contribution in [2.45, 2.75) is 32.2 Å².